The molecule has 3 heteroatoms. The number of nitrogens with zero attached hydrogens (tertiary/aromatic N) is 1. The van der Waals surface area contributed by atoms with Gasteiger partial charge in [0.1, 0.15) is 0 Å². The number of piperidine rings is 1. The third-order valence-corrected chi connectivity index (χ3v) is 3.98. The lowest BCUT2D eigenvalue weighted by Gasteiger charge is -2.48. The fourth-order valence-electron chi connectivity index (χ4n) is 3.37. The van der Waals surface area contributed by atoms with Gasteiger partial charge < -0.3 is 10.1 Å². The van der Waals surface area contributed by atoms with Gasteiger partial charge in [-0.15, -0.1) is 0 Å². The first-order valence-electron chi connectivity index (χ1n) is 6.58. The van der Waals surface area contributed by atoms with Crippen molar-refractivity contribution in [3.05, 3.63) is 0 Å². The molecule has 0 bridgehead atoms. The minimum Gasteiger partial charge on any atom is -0.373 e. The Hall–Kier alpha value is -0.120. The molecule has 2 rings (SSSR count). The molecule has 2 atom stereocenters. The molecular weight excluding hydrogens is 200 g/mol. The Bertz CT molecular complexity index is 232. The summed E-state index contributed by atoms with van der Waals surface area (Å²) in [7, 11) is 0. The molecule has 0 spiro atoms. The molecule has 94 valence electrons. The second-order valence-corrected chi connectivity index (χ2v) is 6.18. The van der Waals surface area contributed by atoms with Crippen LogP contribution in [0.5, 0.6) is 0 Å². The second-order valence-electron chi connectivity index (χ2n) is 6.18. The van der Waals surface area contributed by atoms with Crippen LogP contribution in [0.3, 0.4) is 0 Å². The molecule has 16 heavy (non-hydrogen) atoms. The molecule has 0 aromatic rings. The van der Waals surface area contributed by atoms with E-state index in [1.165, 1.54) is 0 Å². The molecule has 0 radical (unpaired) electrons. The van der Waals surface area contributed by atoms with E-state index >= 15 is 0 Å². The van der Waals surface area contributed by atoms with Crippen LogP contribution in [-0.4, -0.2) is 49.3 Å². The van der Waals surface area contributed by atoms with Crippen LogP contribution >= 0.6 is 0 Å². The summed E-state index contributed by atoms with van der Waals surface area (Å²) in [5, 5.41) is 3.52. The number of nitrogens with one attached hydrogen (secondary N) is 1. The average Bonchev–Trinajstić information content (AvgIpc) is 2.15. The third-order valence-electron chi connectivity index (χ3n) is 3.98. The van der Waals surface area contributed by atoms with Crippen LogP contribution < -0.4 is 5.32 Å². The minimum atomic E-state index is 0.0303. The summed E-state index contributed by atoms with van der Waals surface area (Å²) in [5.41, 5.74) is 0.0303. The molecule has 2 fully saturated rings. The van der Waals surface area contributed by atoms with Crippen molar-refractivity contribution in [3.63, 3.8) is 0 Å². The van der Waals surface area contributed by atoms with Crippen molar-refractivity contribution in [2.24, 2.45) is 11.8 Å². The number of hydrogen-bond acceptors (Lipinski definition) is 3. The second kappa shape index (κ2) is 4.63. The van der Waals surface area contributed by atoms with Gasteiger partial charge in [-0.3, -0.25) is 4.90 Å². The lowest BCUT2D eigenvalue weighted by atomic mass is 9.84. The lowest BCUT2D eigenvalue weighted by Crippen LogP contribution is -2.59. The Balaban J connectivity index is 2.04. The Morgan fingerprint density at radius 2 is 1.81 bits per heavy atom. The lowest BCUT2D eigenvalue weighted by molar-refractivity contribution is -0.111. The molecule has 2 aliphatic heterocycles. The largest absolute Gasteiger partial charge is 0.373 e. The highest BCUT2D eigenvalue weighted by Gasteiger charge is 2.37. The molecule has 0 saturated carbocycles. The van der Waals surface area contributed by atoms with E-state index in [9.17, 15) is 0 Å². The van der Waals surface area contributed by atoms with E-state index in [0.717, 1.165) is 50.7 Å². The fourth-order valence-corrected chi connectivity index (χ4v) is 3.37. The molecular formula is C13H26N2O. The van der Waals surface area contributed by atoms with Crippen molar-refractivity contribution in [3.8, 4) is 0 Å². The molecule has 2 saturated heterocycles. The van der Waals surface area contributed by atoms with Crippen LogP contribution in [0.2, 0.25) is 0 Å². The van der Waals surface area contributed by atoms with Gasteiger partial charge in [0.15, 0.2) is 0 Å². The van der Waals surface area contributed by atoms with E-state index in [4.69, 9.17) is 4.74 Å². The molecule has 2 heterocycles. The molecule has 3 nitrogen and oxygen atoms in total. The van der Waals surface area contributed by atoms with Gasteiger partial charge in [-0.05, 0) is 38.8 Å². The SMILES string of the molecule is CC1CNCC(C)C1N1CCOC(C)(C)C1. The van der Waals surface area contributed by atoms with Gasteiger partial charge in [0.05, 0.1) is 12.2 Å². The molecule has 0 amide bonds. The summed E-state index contributed by atoms with van der Waals surface area (Å²) in [4.78, 5) is 2.65. The number of hydrogen-bond donors (Lipinski definition) is 1. The van der Waals surface area contributed by atoms with Crippen molar-refractivity contribution in [1.82, 2.24) is 10.2 Å². The highest BCUT2D eigenvalue weighted by atomic mass is 16.5. The number of ether oxygens (including phenoxy) is 1. The average molecular weight is 226 g/mol. The maximum absolute atomic E-state index is 5.80. The molecule has 0 aliphatic carbocycles. The maximum atomic E-state index is 5.80. The molecule has 2 aliphatic rings. The van der Waals surface area contributed by atoms with E-state index < -0.39 is 0 Å². The zero-order valence-corrected chi connectivity index (χ0v) is 11.1. The Morgan fingerprint density at radius 3 is 2.38 bits per heavy atom. The van der Waals surface area contributed by atoms with Crippen LogP contribution in [0.25, 0.3) is 0 Å². The summed E-state index contributed by atoms with van der Waals surface area (Å²) in [6, 6.07) is 0.726. The monoisotopic (exact) mass is 226 g/mol. The summed E-state index contributed by atoms with van der Waals surface area (Å²) in [6.45, 7) is 14.5. The Kier molecular flexibility index (Phi) is 3.57. The first-order valence-corrected chi connectivity index (χ1v) is 6.58. The minimum absolute atomic E-state index is 0.0303. The predicted octanol–water partition coefficient (Wildman–Crippen LogP) is 1.34. The van der Waals surface area contributed by atoms with Gasteiger partial charge in [0, 0.05) is 19.1 Å². The molecule has 0 aromatic carbocycles. The molecule has 0 aromatic heterocycles. The van der Waals surface area contributed by atoms with Gasteiger partial charge in [0.2, 0.25) is 0 Å². The summed E-state index contributed by atoms with van der Waals surface area (Å²) < 4.78 is 5.80. The summed E-state index contributed by atoms with van der Waals surface area (Å²) >= 11 is 0. The normalized spacial score (nSPS) is 40.9. The van der Waals surface area contributed by atoms with E-state index in [0.29, 0.717) is 0 Å². The van der Waals surface area contributed by atoms with Crippen molar-refractivity contribution in [1.29, 1.82) is 0 Å². The summed E-state index contributed by atoms with van der Waals surface area (Å²) in [6.07, 6.45) is 0. The fraction of sp³-hybridized carbons (Fsp3) is 1.00. The van der Waals surface area contributed by atoms with Crippen molar-refractivity contribution in [2.45, 2.75) is 39.3 Å². The molecule has 2 unspecified atom stereocenters. The standard InChI is InChI=1S/C13H26N2O/c1-10-7-14-8-11(2)12(10)15-5-6-16-13(3,4)9-15/h10-12,14H,5-9H2,1-4H3. The van der Waals surface area contributed by atoms with Crippen LogP contribution in [0.15, 0.2) is 0 Å². The van der Waals surface area contributed by atoms with Crippen molar-refractivity contribution >= 4 is 0 Å². The van der Waals surface area contributed by atoms with Crippen molar-refractivity contribution < 1.29 is 4.74 Å². The third kappa shape index (κ3) is 2.58. The van der Waals surface area contributed by atoms with E-state index in [1.807, 2.05) is 0 Å². The van der Waals surface area contributed by atoms with Crippen molar-refractivity contribution in [2.75, 3.05) is 32.8 Å². The number of morpholine rings is 1. The zero-order chi connectivity index (χ0) is 11.8. The van der Waals surface area contributed by atoms with Gasteiger partial charge in [-0.1, -0.05) is 13.8 Å². The van der Waals surface area contributed by atoms with Crippen LogP contribution in [0.4, 0.5) is 0 Å². The van der Waals surface area contributed by atoms with E-state index in [1.54, 1.807) is 0 Å². The van der Waals surface area contributed by atoms with Crippen LogP contribution in [0, 0.1) is 11.8 Å². The smallest absolute Gasteiger partial charge is 0.0753 e. The predicted molar refractivity (Wildman–Crippen MR) is 66.6 cm³/mol. The van der Waals surface area contributed by atoms with E-state index in [2.05, 4.69) is 37.9 Å². The van der Waals surface area contributed by atoms with Gasteiger partial charge >= 0.3 is 0 Å². The first-order chi connectivity index (χ1) is 7.49. The Labute approximate surface area is 99.5 Å². The first kappa shape index (κ1) is 12.3. The maximum Gasteiger partial charge on any atom is 0.0753 e. The topological polar surface area (TPSA) is 24.5 Å². The van der Waals surface area contributed by atoms with Gasteiger partial charge in [-0.2, -0.15) is 0 Å². The zero-order valence-electron chi connectivity index (χ0n) is 11.1. The van der Waals surface area contributed by atoms with Gasteiger partial charge in [-0.25, -0.2) is 0 Å². The van der Waals surface area contributed by atoms with Gasteiger partial charge in [0.25, 0.3) is 0 Å². The van der Waals surface area contributed by atoms with Crippen LogP contribution in [0.1, 0.15) is 27.7 Å². The summed E-state index contributed by atoms with van der Waals surface area (Å²) in [5.74, 6) is 1.50. The molecule has 1 N–H and O–H groups in total. The van der Waals surface area contributed by atoms with Crippen LogP contribution in [-0.2, 0) is 4.74 Å². The highest BCUT2D eigenvalue weighted by molar-refractivity contribution is 4.91. The van der Waals surface area contributed by atoms with E-state index in [-0.39, 0.29) is 5.60 Å². The quantitative estimate of drug-likeness (QED) is 0.730. The Morgan fingerprint density at radius 1 is 1.19 bits per heavy atom. The highest BCUT2D eigenvalue weighted by Crippen LogP contribution is 2.27. The number of rotatable bonds is 1.